The van der Waals surface area contributed by atoms with Crippen LogP contribution in [0, 0.1) is 11.8 Å². The third kappa shape index (κ3) is 4.36. The number of methoxy groups -OCH3 is 2. The molecule has 1 aliphatic heterocycles. The van der Waals surface area contributed by atoms with Crippen LogP contribution in [0.4, 0.5) is 0 Å². The molecular weight excluding hydrogens is 332 g/mol. The highest BCUT2D eigenvalue weighted by molar-refractivity contribution is 5.85. The van der Waals surface area contributed by atoms with Crippen LogP contribution in [-0.2, 0) is 14.3 Å². The summed E-state index contributed by atoms with van der Waals surface area (Å²) >= 11 is 0. The van der Waals surface area contributed by atoms with Gasteiger partial charge in [0.1, 0.15) is 5.75 Å². The molecule has 1 N–H and O–H groups in total. The van der Waals surface area contributed by atoms with E-state index < -0.39 is 0 Å². The Morgan fingerprint density at radius 2 is 2.04 bits per heavy atom. The summed E-state index contributed by atoms with van der Waals surface area (Å²) in [5.74, 6) is 0.924. The van der Waals surface area contributed by atoms with Gasteiger partial charge in [0.05, 0.1) is 13.0 Å². The molecule has 2 atom stereocenters. The maximum atomic E-state index is 12.8. The number of carbonyl (C=O) groups excluding carboxylic acids is 2. The molecule has 6 nitrogen and oxygen atoms in total. The van der Waals surface area contributed by atoms with Crippen LogP contribution < -0.4 is 10.1 Å². The van der Waals surface area contributed by atoms with E-state index in [4.69, 9.17) is 9.47 Å². The smallest absolute Gasteiger partial charge is 0.225 e. The van der Waals surface area contributed by atoms with Crippen LogP contribution in [0.15, 0.2) is 24.3 Å². The summed E-state index contributed by atoms with van der Waals surface area (Å²) in [6.45, 7) is 2.30. The van der Waals surface area contributed by atoms with E-state index in [1.165, 1.54) is 0 Å². The number of amides is 2. The fraction of sp³-hybridized carbons (Fsp3) is 0.600. The summed E-state index contributed by atoms with van der Waals surface area (Å²) in [4.78, 5) is 27.2. The first-order chi connectivity index (χ1) is 12.6. The van der Waals surface area contributed by atoms with Crippen molar-refractivity contribution in [2.24, 2.45) is 11.8 Å². The average Bonchev–Trinajstić information content (AvgIpc) is 3.42. The van der Waals surface area contributed by atoms with Crippen LogP contribution >= 0.6 is 0 Å². The van der Waals surface area contributed by atoms with Gasteiger partial charge >= 0.3 is 0 Å². The minimum absolute atomic E-state index is 0.00442. The molecule has 142 valence electrons. The molecule has 1 saturated carbocycles. The van der Waals surface area contributed by atoms with Gasteiger partial charge in [0.2, 0.25) is 11.8 Å². The molecule has 0 radical (unpaired) electrons. The molecule has 6 heteroatoms. The van der Waals surface area contributed by atoms with Gasteiger partial charge < -0.3 is 19.7 Å². The second-order valence-electron chi connectivity index (χ2n) is 7.14. The first-order valence-corrected chi connectivity index (χ1v) is 9.33. The van der Waals surface area contributed by atoms with Crippen LogP contribution in [0.2, 0.25) is 0 Å². The lowest BCUT2D eigenvalue weighted by atomic mass is 9.88. The van der Waals surface area contributed by atoms with Gasteiger partial charge in [-0.3, -0.25) is 9.59 Å². The summed E-state index contributed by atoms with van der Waals surface area (Å²) in [6.07, 6.45) is 2.74. The number of ether oxygens (including phenoxy) is 2. The van der Waals surface area contributed by atoms with Gasteiger partial charge in [-0.05, 0) is 37.0 Å². The quantitative estimate of drug-likeness (QED) is 0.718. The Morgan fingerprint density at radius 1 is 1.23 bits per heavy atom. The molecule has 0 bridgehead atoms. The van der Waals surface area contributed by atoms with Gasteiger partial charge in [0, 0.05) is 45.2 Å². The Morgan fingerprint density at radius 3 is 2.73 bits per heavy atom. The average molecular weight is 360 g/mol. The van der Waals surface area contributed by atoms with E-state index >= 15 is 0 Å². The highest BCUT2D eigenvalue weighted by atomic mass is 16.5. The van der Waals surface area contributed by atoms with Crippen LogP contribution in [0.1, 0.15) is 30.7 Å². The number of carbonyl (C=O) groups is 2. The van der Waals surface area contributed by atoms with Crippen molar-refractivity contribution in [1.29, 1.82) is 0 Å². The van der Waals surface area contributed by atoms with E-state index in [-0.39, 0.29) is 29.6 Å². The minimum Gasteiger partial charge on any atom is -0.497 e. The highest BCUT2D eigenvalue weighted by Crippen LogP contribution is 2.38. The Labute approximate surface area is 154 Å². The fourth-order valence-corrected chi connectivity index (χ4v) is 3.61. The Hall–Kier alpha value is -2.08. The molecule has 2 aliphatic rings. The monoisotopic (exact) mass is 360 g/mol. The van der Waals surface area contributed by atoms with Crippen LogP contribution in [0.5, 0.6) is 5.75 Å². The van der Waals surface area contributed by atoms with Crippen LogP contribution in [0.3, 0.4) is 0 Å². The van der Waals surface area contributed by atoms with Crippen molar-refractivity contribution in [2.45, 2.75) is 25.2 Å². The molecule has 2 unspecified atom stereocenters. The van der Waals surface area contributed by atoms with Crippen molar-refractivity contribution in [3.63, 3.8) is 0 Å². The second kappa shape index (κ2) is 8.54. The lowest BCUT2D eigenvalue weighted by Crippen LogP contribution is -2.36. The van der Waals surface area contributed by atoms with E-state index in [2.05, 4.69) is 5.32 Å². The molecule has 0 spiro atoms. The summed E-state index contributed by atoms with van der Waals surface area (Å²) in [5, 5.41) is 3.00. The molecule has 1 aliphatic carbocycles. The molecule has 1 aromatic carbocycles. The second-order valence-corrected chi connectivity index (χ2v) is 7.14. The maximum absolute atomic E-state index is 12.8. The Bertz CT molecular complexity index is 644. The number of hydrogen-bond donors (Lipinski definition) is 1. The number of benzene rings is 1. The van der Waals surface area contributed by atoms with Crippen molar-refractivity contribution in [1.82, 2.24) is 10.2 Å². The topological polar surface area (TPSA) is 67.9 Å². The van der Waals surface area contributed by atoms with Crippen molar-refractivity contribution in [2.75, 3.05) is 40.5 Å². The van der Waals surface area contributed by atoms with Gasteiger partial charge in [-0.15, -0.1) is 0 Å². The number of nitrogens with zero attached hydrogens (tertiary/aromatic N) is 1. The molecule has 2 amide bonds. The summed E-state index contributed by atoms with van der Waals surface area (Å²) < 4.78 is 10.4. The van der Waals surface area contributed by atoms with Gasteiger partial charge in [0.25, 0.3) is 0 Å². The third-order valence-corrected chi connectivity index (χ3v) is 5.24. The van der Waals surface area contributed by atoms with E-state index in [0.29, 0.717) is 26.2 Å². The predicted octanol–water partition coefficient (Wildman–Crippen LogP) is 1.80. The predicted molar refractivity (Wildman–Crippen MR) is 98.0 cm³/mol. The standard InChI is InChI=1S/C20H28N2O4/c1-25-10-4-9-21-19(23)18-13-22(20(24)14-7-8-14)12-17(18)15-5-3-6-16(11-15)26-2/h3,5-6,11,14,17-18H,4,7-10,12-13H2,1-2H3,(H,21,23). The van der Waals surface area contributed by atoms with Crippen LogP contribution in [-0.4, -0.2) is 57.2 Å². The zero-order valence-electron chi connectivity index (χ0n) is 15.6. The minimum atomic E-state index is -0.229. The first-order valence-electron chi connectivity index (χ1n) is 9.33. The molecule has 1 saturated heterocycles. The zero-order valence-corrected chi connectivity index (χ0v) is 15.6. The van der Waals surface area contributed by atoms with Crippen molar-refractivity contribution < 1.29 is 19.1 Å². The largest absolute Gasteiger partial charge is 0.497 e. The molecule has 2 fully saturated rings. The maximum Gasteiger partial charge on any atom is 0.225 e. The molecule has 1 heterocycles. The van der Waals surface area contributed by atoms with Crippen molar-refractivity contribution >= 4 is 11.8 Å². The van der Waals surface area contributed by atoms with Crippen molar-refractivity contribution in [3.05, 3.63) is 29.8 Å². The third-order valence-electron chi connectivity index (χ3n) is 5.24. The molecular formula is C20H28N2O4. The summed E-state index contributed by atoms with van der Waals surface area (Å²) in [5.41, 5.74) is 1.05. The number of hydrogen-bond acceptors (Lipinski definition) is 4. The molecule has 3 rings (SSSR count). The number of nitrogens with one attached hydrogen (secondary N) is 1. The van der Waals surface area contributed by atoms with Gasteiger partial charge in [-0.1, -0.05) is 12.1 Å². The zero-order chi connectivity index (χ0) is 18.5. The van der Waals surface area contributed by atoms with E-state index in [0.717, 1.165) is 30.6 Å². The van der Waals surface area contributed by atoms with E-state index in [1.54, 1.807) is 14.2 Å². The first kappa shape index (κ1) is 18.7. The number of likely N-dealkylation sites (tertiary alicyclic amines) is 1. The summed E-state index contributed by atoms with van der Waals surface area (Å²) in [7, 11) is 3.29. The SMILES string of the molecule is COCCCNC(=O)C1CN(C(=O)C2CC2)CC1c1cccc(OC)c1. The van der Waals surface area contributed by atoms with Gasteiger partial charge in [-0.25, -0.2) is 0 Å². The highest BCUT2D eigenvalue weighted by Gasteiger charge is 2.43. The van der Waals surface area contributed by atoms with Crippen molar-refractivity contribution in [3.8, 4) is 5.75 Å². The normalized spacial score (nSPS) is 22.3. The molecule has 26 heavy (non-hydrogen) atoms. The van der Waals surface area contributed by atoms with Gasteiger partial charge in [-0.2, -0.15) is 0 Å². The summed E-state index contributed by atoms with van der Waals surface area (Å²) in [6, 6.07) is 7.82. The van der Waals surface area contributed by atoms with E-state index in [1.807, 2.05) is 29.2 Å². The van der Waals surface area contributed by atoms with E-state index in [9.17, 15) is 9.59 Å². The lowest BCUT2D eigenvalue weighted by Gasteiger charge is -2.18. The molecule has 0 aromatic heterocycles. The number of rotatable bonds is 8. The van der Waals surface area contributed by atoms with Crippen LogP contribution in [0.25, 0.3) is 0 Å². The molecule has 1 aromatic rings. The fourth-order valence-electron chi connectivity index (χ4n) is 3.61. The lowest BCUT2D eigenvalue weighted by molar-refractivity contribution is -0.132. The Kier molecular flexibility index (Phi) is 6.14. The van der Waals surface area contributed by atoms with Gasteiger partial charge in [0.15, 0.2) is 0 Å². The Balaban J connectivity index is 1.73.